The molecule has 0 aliphatic heterocycles. The van der Waals surface area contributed by atoms with Crippen LogP contribution in [0.3, 0.4) is 0 Å². The van der Waals surface area contributed by atoms with Crippen molar-refractivity contribution in [2.45, 2.75) is 14.7 Å². The van der Waals surface area contributed by atoms with Gasteiger partial charge in [0, 0.05) is 16.5 Å². The van der Waals surface area contributed by atoms with Crippen molar-refractivity contribution in [1.82, 2.24) is 9.97 Å². The van der Waals surface area contributed by atoms with Gasteiger partial charge in [0.25, 0.3) is 0 Å². The van der Waals surface area contributed by atoms with Crippen LogP contribution in [0.15, 0.2) is 73.4 Å². The van der Waals surface area contributed by atoms with Gasteiger partial charge in [0.2, 0.25) is 5.28 Å². The fourth-order valence-corrected chi connectivity index (χ4v) is 5.84. The van der Waals surface area contributed by atoms with E-state index in [1.165, 1.54) is 24.3 Å². The summed E-state index contributed by atoms with van der Waals surface area (Å²) in [5, 5.41) is 8.87. The maximum absolute atomic E-state index is 11.9. The molecule has 210 valence electrons. The number of rotatable bonds is 7. The molecule has 0 radical (unpaired) electrons. The van der Waals surface area contributed by atoms with Crippen molar-refractivity contribution in [2.75, 3.05) is 5.32 Å². The number of nitrogens with one attached hydrogen (secondary N) is 1. The van der Waals surface area contributed by atoms with E-state index in [1.54, 1.807) is 0 Å². The first kappa shape index (κ1) is 41.0. The van der Waals surface area contributed by atoms with Crippen molar-refractivity contribution in [1.29, 1.82) is 0 Å². The molecule has 0 spiro atoms. The number of halogens is 3. The average Bonchev–Trinajstić information content (AvgIpc) is 2.83. The molecule has 0 aliphatic rings. The summed E-state index contributed by atoms with van der Waals surface area (Å²) in [6, 6.07) is 8.21. The Morgan fingerprint density at radius 1 is 0.651 bits per heavy atom. The van der Waals surface area contributed by atoms with E-state index in [9.17, 15) is 38.9 Å². The van der Waals surface area contributed by atoms with Gasteiger partial charge in [-0.1, -0.05) is 23.2 Å². The van der Waals surface area contributed by atoms with Crippen LogP contribution in [0.4, 0.5) is 22.9 Å². The molecular weight excluding hydrogens is 726 g/mol. The van der Waals surface area contributed by atoms with Gasteiger partial charge in [-0.15, -0.1) is 0 Å². The van der Waals surface area contributed by atoms with Crippen LogP contribution in [0.2, 0.25) is 15.5 Å². The monoisotopic (exact) mass is 733 g/mol. The Labute approximate surface area is 326 Å². The second-order valence-electron chi connectivity index (χ2n) is 7.64. The number of fused-ring (bicyclic) bond motifs is 1. The summed E-state index contributed by atoms with van der Waals surface area (Å²) < 4.78 is 106. The molecule has 0 atom stereocenters. The molecule has 14 nitrogen and oxygen atoms in total. The standard InChI is InChI=1S/C20H12Cl3N5O9S3.3Na/c21-17-18(22)25-20(23)26-19(17)24-9-1-3-10(4-2-9)27-28-11-5-13-14(15(6-11)39(32,33)34)7-12(38(29,30)31)8-16(13)40(35,36)37;;;/h1-8H,(H,24,25,26)(H,29,30,31)(H,32,33,34)(H,35,36,37);;;/q;3*+1/p-3. The van der Waals surface area contributed by atoms with Gasteiger partial charge < -0.3 is 19.0 Å². The van der Waals surface area contributed by atoms with Crippen LogP contribution in [0.5, 0.6) is 0 Å². The number of hydrogen-bond donors (Lipinski definition) is 1. The third-order valence-corrected chi connectivity index (χ3v) is 8.44. The predicted octanol–water partition coefficient (Wildman–Crippen LogP) is -4.53. The van der Waals surface area contributed by atoms with E-state index in [2.05, 4.69) is 25.5 Å². The Morgan fingerprint density at radius 2 is 1.16 bits per heavy atom. The molecule has 0 fully saturated rings. The van der Waals surface area contributed by atoms with Crippen molar-refractivity contribution < 1.29 is 128 Å². The third-order valence-electron chi connectivity index (χ3n) is 4.97. The molecular formula is C20H9Cl3N5Na3O9S3. The molecule has 0 saturated heterocycles. The van der Waals surface area contributed by atoms with Gasteiger partial charge in [-0.25, -0.2) is 30.2 Å². The minimum atomic E-state index is -5.46. The SMILES string of the molecule is O=S(=O)([O-])c1cc(S(=O)(=O)[O-])c2cc(N=Nc3ccc(Nc4nc(Cl)nc(Cl)c4Cl)cc3)cc(S(=O)(=O)[O-])c2c1.[Na+].[Na+].[Na+]. The van der Waals surface area contributed by atoms with Gasteiger partial charge in [-0.05, 0) is 60.1 Å². The summed E-state index contributed by atoms with van der Waals surface area (Å²) in [6.45, 7) is 0. The molecule has 43 heavy (non-hydrogen) atoms. The number of anilines is 2. The number of hydrogen-bond acceptors (Lipinski definition) is 14. The van der Waals surface area contributed by atoms with E-state index in [0.29, 0.717) is 17.8 Å². The normalized spacial score (nSPS) is 11.9. The zero-order chi connectivity index (χ0) is 29.6. The van der Waals surface area contributed by atoms with Crippen LogP contribution < -0.4 is 94.0 Å². The summed E-state index contributed by atoms with van der Waals surface area (Å²) in [7, 11) is -16.2. The first-order valence-electron chi connectivity index (χ1n) is 10.1. The van der Waals surface area contributed by atoms with E-state index in [0.717, 1.165) is 6.07 Å². The molecule has 1 aromatic heterocycles. The third kappa shape index (κ3) is 10.2. The van der Waals surface area contributed by atoms with Crippen molar-refractivity contribution in [2.24, 2.45) is 10.2 Å². The minimum absolute atomic E-state index is 0. The minimum Gasteiger partial charge on any atom is -0.744 e. The molecule has 0 unspecified atom stereocenters. The fraction of sp³-hybridized carbons (Fsp3) is 0. The summed E-state index contributed by atoms with van der Waals surface area (Å²) in [5.41, 5.74) is 0.252. The van der Waals surface area contributed by atoms with Gasteiger partial charge in [0.15, 0.2) is 11.0 Å². The summed E-state index contributed by atoms with van der Waals surface area (Å²) in [5.74, 6) is 0.112. The van der Waals surface area contributed by atoms with Gasteiger partial charge in [0.1, 0.15) is 35.4 Å². The Bertz CT molecular complexity index is 2060. The number of aromatic nitrogens is 2. The molecule has 0 saturated carbocycles. The zero-order valence-corrected chi connectivity index (χ0v) is 32.7. The number of nitrogens with zero attached hydrogens (tertiary/aromatic N) is 4. The van der Waals surface area contributed by atoms with E-state index < -0.39 is 55.8 Å². The van der Waals surface area contributed by atoms with Gasteiger partial charge in [0.05, 0.1) is 26.1 Å². The van der Waals surface area contributed by atoms with Gasteiger partial charge >= 0.3 is 88.7 Å². The molecule has 1 heterocycles. The smallest absolute Gasteiger partial charge is 0.744 e. The maximum atomic E-state index is 11.9. The molecule has 0 amide bonds. The first-order chi connectivity index (χ1) is 18.4. The quantitative estimate of drug-likeness (QED) is 0.0622. The van der Waals surface area contributed by atoms with E-state index in [-0.39, 0.29) is 127 Å². The summed E-state index contributed by atoms with van der Waals surface area (Å²) in [6.07, 6.45) is 0. The van der Waals surface area contributed by atoms with Crippen LogP contribution >= 0.6 is 34.8 Å². The Balaban J connectivity index is 0.00000308. The second kappa shape index (κ2) is 15.7. The molecule has 4 rings (SSSR count). The number of benzene rings is 3. The molecule has 0 aliphatic carbocycles. The second-order valence-corrected chi connectivity index (χ2v) is 12.8. The summed E-state index contributed by atoms with van der Waals surface area (Å²) >= 11 is 17.7. The molecule has 23 heteroatoms. The Kier molecular flexibility index (Phi) is 15.0. The molecule has 0 bridgehead atoms. The topological polar surface area (TPSA) is 234 Å². The van der Waals surface area contributed by atoms with E-state index in [4.69, 9.17) is 34.8 Å². The van der Waals surface area contributed by atoms with Crippen LogP contribution in [0.1, 0.15) is 0 Å². The average molecular weight is 735 g/mol. The van der Waals surface area contributed by atoms with Crippen LogP contribution in [0.25, 0.3) is 10.8 Å². The van der Waals surface area contributed by atoms with Gasteiger partial charge in [-0.2, -0.15) is 15.2 Å². The Morgan fingerprint density at radius 3 is 1.70 bits per heavy atom. The van der Waals surface area contributed by atoms with Crippen LogP contribution in [-0.2, 0) is 30.4 Å². The summed E-state index contributed by atoms with van der Waals surface area (Å²) in [4.78, 5) is 4.00. The molecule has 4 aromatic rings. The number of azo groups is 1. The van der Waals surface area contributed by atoms with Crippen LogP contribution in [0, 0.1) is 0 Å². The maximum Gasteiger partial charge on any atom is 1.00 e. The van der Waals surface area contributed by atoms with Crippen molar-refractivity contribution in [3.05, 3.63) is 64.0 Å². The fourth-order valence-electron chi connectivity index (χ4n) is 3.31. The molecule has 3 aromatic carbocycles. The van der Waals surface area contributed by atoms with E-state index >= 15 is 0 Å². The van der Waals surface area contributed by atoms with Gasteiger partial charge in [-0.3, -0.25) is 0 Å². The van der Waals surface area contributed by atoms with E-state index in [1.807, 2.05) is 0 Å². The van der Waals surface area contributed by atoms with Crippen molar-refractivity contribution in [3.8, 4) is 0 Å². The van der Waals surface area contributed by atoms with Crippen LogP contribution in [-0.4, -0.2) is 48.9 Å². The predicted molar refractivity (Wildman–Crippen MR) is 139 cm³/mol. The first-order valence-corrected chi connectivity index (χ1v) is 15.5. The van der Waals surface area contributed by atoms with Crippen molar-refractivity contribution >= 4 is 98.8 Å². The molecule has 1 N–H and O–H groups in total. The van der Waals surface area contributed by atoms with Crippen molar-refractivity contribution in [3.63, 3.8) is 0 Å². The largest absolute Gasteiger partial charge is 1.00 e. The Hall–Kier alpha value is 0.000000000000000444. The zero-order valence-electron chi connectivity index (χ0n) is 21.9.